The lowest BCUT2D eigenvalue weighted by molar-refractivity contribution is 0.176. The molecular formula is C14H25NO3. The van der Waals surface area contributed by atoms with Crippen LogP contribution in [0.3, 0.4) is 0 Å². The maximum atomic E-state index is 5.23. The highest BCUT2D eigenvalue weighted by Crippen LogP contribution is 2.02. The minimum atomic E-state index is -0.143. The zero-order valence-electron chi connectivity index (χ0n) is 12.3. The van der Waals surface area contributed by atoms with Gasteiger partial charge in [0.1, 0.15) is 12.9 Å². The summed E-state index contributed by atoms with van der Waals surface area (Å²) in [5.41, 5.74) is 0.946. The van der Waals surface area contributed by atoms with Gasteiger partial charge in [0.25, 0.3) is 0 Å². The molecule has 0 aromatic heterocycles. The summed E-state index contributed by atoms with van der Waals surface area (Å²) in [5, 5.41) is 3.66. The highest BCUT2D eigenvalue weighted by atomic mass is 16.6. The minimum Gasteiger partial charge on any atom is -0.497 e. The van der Waals surface area contributed by atoms with Crippen LogP contribution in [0.15, 0.2) is 41.3 Å². The fourth-order valence-electron chi connectivity index (χ4n) is 0.910. The normalized spacial score (nSPS) is 13.1. The van der Waals surface area contributed by atoms with Crippen LogP contribution in [0.25, 0.3) is 0 Å². The third-order valence-corrected chi connectivity index (χ3v) is 1.80. The highest BCUT2D eigenvalue weighted by molar-refractivity contribution is 5.77. The van der Waals surface area contributed by atoms with E-state index in [9.17, 15) is 0 Å². The molecule has 0 aromatic rings. The Morgan fingerprint density at radius 2 is 1.83 bits per heavy atom. The van der Waals surface area contributed by atoms with E-state index in [-0.39, 0.29) is 6.10 Å². The third-order valence-electron chi connectivity index (χ3n) is 1.80. The van der Waals surface area contributed by atoms with Crippen LogP contribution in [0.1, 0.15) is 20.8 Å². The molecule has 1 atom stereocenters. The summed E-state index contributed by atoms with van der Waals surface area (Å²) in [6, 6.07) is 0. The zero-order valence-corrected chi connectivity index (χ0v) is 12.3. The van der Waals surface area contributed by atoms with Crippen LogP contribution in [-0.4, -0.2) is 33.6 Å². The second-order valence-electron chi connectivity index (χ2n) is 3.06. The van der Waals surface area contributed by atoms with Crippen molar-refractivity contribution >= 4 is 6.21 Å². The number of oxime groups is 1. The summed E-state index contributed by atoms with van der Waals surface area (Å²) in [6.07, 6.45) is 6.98. The summed E-state index contributed by atoms with van der Waals surface area (Å²) < 4.78 is 10.1. The second kappa shape index (κ2) is 13.5. The van der Waals surface area contributed by atoms with Crippen molar-refractivity contribution in [2.45, 2.75) is 26.9 Å². The molecule has 0 aliphatic carbocycles. The van der Waals surface area contributed by atoms with Gasteiger partial charge in [-0.05, 0) is 30.7 Å². The van der Waals surface area contributed by atoms with E-state index in [2.05, 4.69) is 16.6 Å². The number of hydrogen-bond acceptors (Lipinski definition) is 4. The van der Waals surface area contributed by atoms with E-state index in [1.54, 1.807) is 26.5 Å². The van der Waals surface area contributed by atoms with E-state index in [1.807, 2.05) is 32.9 Å². The molecule has 0 fully saturated rings. The van der Waals surface area contributed by atoms with Crippen molar-refractivity contribution in [2.24, 2.45) is 5.16 Å². The average molecular weight is 255 g/mol. The third kappa shape index (κ3) is 11.0. The predicted octanol–water partition coefficient (Wildman–Crippen LogP) is 3.32. The Hall–Kier alpha value is -1.55. The smallest absolute Gasteiger partial charge is 0.111 e. The van der Waals surface area contributed by atoms with Gasteiger partial charge in [-0.15, -0.1) is 0 Å². The van der Waals surface area contributed by atoms with Gasteiger partial charge in [-0.3, -0.25) is 0 Å². The molecule has 0 aromatic carbocycles. The predicted molar refractivity (Wildman–Crippen MR) is 76.7 cm³/mol. The molecule has 0 bridgehead atoms. The molecule has 0 spiro atoms. The number of methoxy groups -OCH3 is 2. The Morgan fingerprint density at radius 1 is 1.22 bits per heavy atom. The molecule has 0 N–H and O–H groups in total. The number of rotatable bonds is 7. The SMILES string of the molecule is C=C(C=CC(/C=C(C)/C=N/OC)OC)OC.CC. The first-order valence-corrected chi connectivity index (χ1v) is 5.82. The van der Waals surface area contributed by atoms with Crippen LogP contribution in [0.4, 0.5) is 0 Å². The zero-order chi connectivity index (χ0) is 14.4. The minimum absolute atomic E-state index is 0.143. The van der Waals surface area contributed by atoms with Gasteiger partial charge in [0.2, 0.25) is 0 Å². The van der Waals surface area contributed by atoms with Crippen LogP contribution in [0, 0.1) is 0 Å². The summed E-state index contributed by atoms with van der Waals surface area (Å²) in [7, 11) is 4.70. The van der Waals surface area contributed by atoms with Crippen molar-refractivity contribution in [1.29, 1.82) is 0 Å². The maximum Gasteiger partial charge on any atom is 0.111 e. The van der Waals surface area contributed by atoms with Gasteiger partial charge < -0.3 is 14.3 Å². The molecule has 0 aliphatic heterocycles. The van der Waals surface area contributed by atoms with Crippen molar-refractivity contribution in [3.63, 3.8) is 0 Å². The van der Waals surface area contributed by atoms with Crippen molar-refractivity contribution in [1.82, 2.24) is 0 Å². The van der Waals surface area contributed by atoms with Gasteiger partial charge in [0.05, 0.1) is 19.4 Å². The van der Waals surface area contributed by atoms with Crippen molar-refractivity contribution in [2.75, 3.05) is 21.3 Å². The van der Waals surface area contributed by atoms with Gasteiger partial charge in [-0.25, -0.2) is 0 Å². The molecule has 0 radical (unpaired) electrons. The molecule has 0 aliphatic rings. The van der Waals surface area contributed by atoms with E-state index in [0.717, 1.165) is 5.57 Å². The molecule has 4 heteroatoms. The summed E-state index contributed by atoms with van der Waals surface area (Å²) in [5.74, 6) is 0.582. The molecule has 0 rings (SSSR count). The van der Waals surface area contributed by atoms with Gasteiger partial charge in [0, 0.05) is 7.11 Å². The Morgan fingerprint density at radius 3 is 2.28 bits per heavy atom. The first-order chi connectivity index (χ1) is 8.63. The van der Waals surface area contributed by atoms with E-state index >= 15 is 0 Å². The molecule has 18 heavy (non-hydrogen) atoms. The van der Waals surface area contributed by atoms with E-state index in [0.29, 0.717) is 5.76 Å². The number of hydrogen-bond donors (Lipinski definition) is 0. The molecule has 4 nitrogen and oxygen atoms in total. The van der Waals surface area contributed by atoms with Crippen LogP contribution < -0.4 is 0 Å². The van der Waals surface area contributed by atoms with Crippen LogP contribution in [0.2, 0.25) is 0 Å². The first kappa shape index (κ1) is 18.8. The van der Waals surface area contributed by atoms with Crippen LogP contribution in [-0.2, 0) is 14.3 Å². The van der Waals surface area contributed by atoms with Crippen LogP contribution in [0.5, 0.6) is 0 Å². The maximum absolute atomic E-state index is 5.23. The van der Waals surface area contributed by atoms with Crippen molar-refractivity contribution in [3.05, 3.63) is 36.1 Å². The lowest BCUT2D eigenvalue weighted by Crippen LogP contribution is -2.04. The Kier molecular flexibility index (Phi) is 14.1. The molecule has 0 saturated carbocycles. The highest BCUT2D eigenvalue weighted by Gasteiger charge is 1.98. The molecule has 0 amide bonds. The number of nitrogens with zero attached hydrogens (tertiary/aromatic N) is 1. The van der Waals surface area contributed by atoms with E-state index in [1.165, 1.54) is 7.11 Å². The second-order valence-corrected chi connectivity index (χ2v) is 3.06. The van der Waals surface area contributed by atoms with Crippen molar-refractivity contribution < 1.29 is 14.3 Å². The molecule has 0 heterocycles. The summed E-state index contributed by atoms with van der Waals surface area (Å²) in [4.78, 5) is 4.58. The lowest BCUT2D eigenvalue weighted by atomic mass is 10.2. The fraction of sp³-hybridized carbons (Fsp3) is 0.500. The summed E-state index contributed by atoms with van der Waals surface area (Å²) in [6.45, 7) is 9.59. The Balaban J connectivity index is 0. The monoisotopic (exact) mass is 255 g/mol. The van der Waals surface area contributed by atoms with Crippen molar-refractivity contribution in [3.8, 4) is 0 Å². The summed E-state index contributed by atoms with van der Waals surface area (Å²) >= 11 is 0. The fourth-order valence-corrected chi connectivity index (χ4v) is 0.910. The van der Waals surface area contributed by atoms with Gasteiger partial charge >= 0.3 is 0 Å². The standard InChI is InChI=1S/C12H19NO3.C2H6/c1-10(9-13-16-5)8-12(15-4)7-6-11(2)14-3;1-2/h6-9,12H,2H2,1,3-5H3;1-2H3/b7-6?,10-8+,13-9+;. The molecule has 1 unspecified atom stereocenters. The molecular weight excluding hydrogens is 230 g/mol. The van der Waals surface area contributed by atoms with Gasteiger partial charge in [0.15, 0.2) is 0 Å². The Bertz CT molecular complexity index is 293. The molecule has 0 saturated heterocycles. The largest absolute Gasteiger partial charge is 0.497 e. The van der Waals surface area contributed by atoms with Crippen LogP contribution >= 0.6 is 0 Å². The first-order valence-electron chi connectivity index (χ1n) is 5.82. The quantitative estimate of drug-likeness (QED) is 0.303. The van der Waals surface area contributed by atoms with E-state index < -0.39 is 0 Å². The topological polar surface area (TPSA) is 40.0 Å². The lowest BCUT2D eigenvalue weighted by Gasteiger charge is -2.06. The Labute approximate surface area is 111 Å². The van der Waals surface area contributed by atoms with Gasteiger partial charge in [-0.2, -0.15) is 0 Å². The average Bonchev–Trinajstić information content (AvgIpc) is 2.42. The molecule has 104 valence electrons. The van der Waals surface area contributed by atoms with Gasteiger partial charge in [-0.1, -0.05) is 25.6 Å². The number of ether oxygens (including phenoxy) is 2. The number of allylic oxidation sites excluding steroid dienone is 2. The van der Waals surface area contributed by atoms with E-state index in [4.69, 9.17) is 9.47 Å².